The van der Waals surface area contributed by atoms with Crippen LogP contribution in [0.3, 0.4) is 0 Å². The van der Waals surface area contributed by atoms with E-state index < -0.39 is 47.7 Å². The number of amides is 5. The zero-order chi connectivity index (χ0) is 60.3. The lowest BCUT2D eigenvalue weighted by Gasteiger charge is -2.22. The summed E-state index contributed by atoms with van der Waals surface area (Å²) in [5.74, 6) is -0.207. The van der Waals surface area contributed by atoms with Gasteiger partial charge in [-0.1, -0.05) is 91.0 Å². The van der Waals surface area contributed by atoms with E-state index in [0.29, 0.717) is 49.2 Å². The Labute approximate surface area is 486 Å². The lowest BCUT2D eigenvalue weighted by Crippen LogP contribution is -2.28. The molecule has 0 radical (unpaired) electrons. The van der Waals surface area contributed by atoms with Gasteiger partial charge >= 0.3 is 30.6 Å². The molecule has 1 aliphatic carbocycles. The van der Waals surface area contributed by atoms with Gasteiger partial charge in [-0.05, 0) is 103 Å². The molecule has 1 saturated carbocycles. The van der Waals surface area contributed by atoms with Crippen LogP contribution >= 0.6 is 23.4 Å². The third-order valence-electron chi connectivity index (χ3n) is 12.3. The van der Waals surface area contributed by atoms with Crippen molar-refractivity contribution in [2.75, 3.05) is 10.6 Å². The number of carbonyl (C=O) groups is 3. The maximum Gasteiger partial charge on any atom is 0.433 e. The molecule has 1 fully saturated rings. The van der Waals surface area contributed by atoms with Gasteiger partial charge in [0, 0.05) is 71.4 Å². The maximum absolute atomic E-state index is 13.1. The molecule has 438 valence electrons. The largest absolute Gasteiger partial charge is 0.433 e. The molecule has 5 N–H and O–H groups in total. The summed E-state index contributed by atoms with van der Waals surface area (Å²) in [6.45, 7) is 1.98. The van der Waals surface area contributed by atoms with Crippen LogP contribution in [0.2, 0.25) is 5.02 Å². The number of hydrogen-bond acceptors (Lipinski definition) is 10. The number of benzene rings is 2. The Hall–Kier alpha value is -8.64. The maximum atomic E-state index is 13.1. The Morgan fingerprint density at radius 2 is 1.01 bits per heavy atom. The molecule has 25 heteroatoms. The lowest BCUT2D eigenvalue weighted by molar-refractivity contribution is -0.142. The number of pyridine rings is 6. The Balaban J connectivity index is 0.000000181. The van der Waals surface area contributed by atoms with Crippen LogP contribution in [-0.4, -0.2) is 53.1 Å². The predicted molar refractivity (Wildman–Crippen MR) is 301 cm³/mol. The molecule has 0 aliphatic heterocycles. The molecule has 6 heterocycles. The number of aromatic nitrogens is 6. The van der Waals surface area contributed by atoms with E-state index in [1.807, 2.05) is 13.0 Å². The minimum Gasteiger partial charge on any atom is -0.352 e. The number of rotatable bonds is 14. The second-order valence-electron chi connectivity index (χ2n) is 18.7. The van der Waals surface area contributed by atoms with Crippen LogP contribution in [0.4, 0.5) is 60.5 Å². The monoisotopic (exact) mass is 1200 g/mol. The first kappa shape index (κ1) is 63.0. The van der Waals surface area contributed by atoms with Gasteiger partial charge in [0.2, 0.25) is 5.91 Å². The summed E-state index contributed by atoms with van der Waals surface area (Å²) < 4.78 is 118. The fourth-order valence-corrected chi connectivity index (χ4v) is 9.75. The summed E-state index contributed by atoms with van der Waals surface area (Å²) in [7, 11) is 0. The van der Waals surface area contributed by atoms with Crippen molar-refractivity contribution < 1.29 is 53.9 Å². The molecule has 0 spiro atoms. The van der Waals surface area contributed by atoms with Crippen molar-refractivity contribution >= 4 is 52.7 Å². The Bertz CT molecular complexity index is 3310. The van der Waals surface area contributed by atoms with Crippen LogP contribution in [0.1, 0.15) is 77.0 Å². The number of anilines is 2. The summed E-state index contributed by atoms with van der Waals surface area (Å²) in [4.78, 5) is 59.5. The number of alkyl halides is 9. The fraction of sp³-hybridized carbons (Fsp3) is 0.237. The first-order valence-electron chi connectivity index (χ1n) is 25.8. The van der Waals surface area contributed by atoms with Gasteiger partial charge < -0.3 is 26.6 Å². The van der Waals surface area contributed by atoms with Gasteiger partial charge in [0.25, 0.3) is 0 Å². The normalized spacial score (nSPS) is 12.6. The number of urea groups is 2. The molecule has 2 aromatic carbocycles. The molecule has 5 amide bonds. The molecule has 9 rings (SSSR count). The number of nitrogens with zero attached hydrogens (tertiary/aromatic N) is 6. The minimum absolute atomic E-state index is 0.0144. The zero-order valence-electron chi connectivity index (χ0n) is 44.5. The highest BCUT2D eigenvalue weighted by Crippen LogP contribution is 2.38. The number of hydrogen-bond donors (Lipinski definition) is 5. The predicted octanol–water partition coefficient (Wildman–Crippen LogP) is 14.7. The first-order valence-corrected chi connectivity index (χ1v) is 27.1. The minimum atomic E-state index is -4.59. The van der Waals surface area contributed by atoms with Gasteiger partial charge in [-0.25, -0.2) is 24.5 Å². The third-order valence-corrected chi connectivity index (χ3v) is 13.9. The molecule has 0 bridgehead atoms. The topological polar surface area (TPSA) is 189 Å². The zero-order valence-corrected chi connectivity index (χ0v) is 46.1. The Morgan fingerprint density at radius 3 is 1.49 bits per heavy atom. The molecule has 0 atom stereocenters. The number of thioether (sulfide) groups is 1. The van der Waals surface area contributed by atoms with Crippen molar-refractivity contribution in [3.05, 3.63) is 208 Å². The van der Waals surface area contributed by atoms with Gasteiger partial charge in [0.05, 0.1) is 41.6 Å². The number of nitrogens with one attached hydrogen (secondary N) is 5. The second-order valence-corrected chi connectivity index (χ2v) is 20.5. The molecule has 8 aromatic rings. The highest BCUT2D eigenvalue weighted by atomic mass is 35.5. The van der Waals surface area contributed by atoms with E-state index >= 15 is 0 Å². The molecular weight excluding hydrogens is 1150 g/mol. The summed E-state index contributed by atoms with van der Waals surface area (Å²) in [6, 6.07) is 29.4. The van der Waals surface area contributed by atoms with Crippen LogP contribution in [0.15, 0.2) is 164 Å². The quantitative estimate of drug-likeness (QED) is 0.0656. The van der Waals surface area contributed by atoms with Crippen molar-refractivity contribution in [1.29, 1.82) is 0 Å². The van der Waals surface area contributed by atoms with E-state index in [1.165, 1.54) is 54.8 Å². The highest BCUT2D eigenvalue weighted by molar-refractivity contribution is 7.99. The first-order chi connectivity index (χ1) is 40.1. The van der Waals surface area contributed by atoms with Crippen molar-refractivity contribution in [3.8, 4) is 22.5 Å². The summed E-state index contributed by atoms with van der Waals surface area (Å²) >= 11 is 7.36. The average molecular weight is 1200 g/mol. The highest BCUT2D eigenvalue weighted by Gasteiger charge is 2.35. The summed E-state index contributed by atoms with van der Waals surface area (Å²) in [5.41, 5.74) is 2.52. The Morgan fingerprint density at radius 1 is 0.536 bits per heavy atom. The molecule has 0 saturated heterocycles. The van der Waals surface area contributed by atoms with E-state index in [9.17, 15) is 53.9 Å². The smallest absolute Gasteiger partial charge is 0.352 e. The molecule has 1 aliphatic rings. The molecule has 0 unspecified atom stereocenters. The average Bonchev–Trinajstić information content (AvgIpc) is 2.89. The summed E-state index contributed by atoms with van der Waals surface area (Å²) in [6.07, 6.45) is 1.20. The standard InChI is InChI=1S/C20H17F3N4O.C20H22F3N3OS.C19H14ClF3N4O/c1-13-4-2-5-14(10-13)18-15(7-8-17(27-18)20(21,22)23)11-25-19(28)26-16-6-3-9-24-12-16;21-20(22,23)17-9-8-15(19(26-17)28-16-6-2-1-3-7-16)13-25-18(27)11-14-5-4-10-24-12-14;20-14-4-1-3-12(9-14)17-13(6-7-16(27-17)19(21,22)23)10-25-18(28)26-15-5-2-8-24-11-15/h2-10,12H,11H2,1H3,(H2,25,26,28);4-5,8-10,12,16H,1-3,6-7,11,13H2,(H,25,27);1-9,11H,10H2,(H2,25,26,28). The Kier molecular flexibility index (Phi) is 22.1. The van der Waals surface area contributed by atoms with Gasteiger partial charge in [0.15, 0.2) is 0 Å². The molecule has 6 aromatic heterocycles. The number of aryl methyl sites for hydroxylation is 1. The number of carbonyl (C=O) groups excluding carboxylic acids is 3. The van der Waals surface area contributed by atoms with Gasteiger partial charge in [-0.3, -0.25) is 19.7 Å². The molecular formula is C59H53ClF9N11O3S. The molecule has 14 nitrogen and oxygen atoms in total. The van der Waals surface area contributed by atoms with Crippen molar-refractivity contribution in [1.82, 2.24) is 45.9 Å². The van der Waals surface area contributed by atoms with E-state index in [0.717, 1.165) is 55.0 Å². The second kappa shape index (κ2) is 29.6. The van der Waals surface area contributed by atoms with E-state index in [4.69, 9.17) is 11.6 Å². The summed E-state index contributed by atoms with van der Waals surface area (Å²) in [5, 5.41) is 14.2. The fourth-order valence-electron chi connectivity index (χ4n) is 8.23. The van der Waals surface area contributed by atoms with Crippen LogP contribution in [-0.2, 0) is 49.4 Å². The van der Waals surface area contributed by atoms with Crippen LogP contribution in [0.5, 0.6) is 0 Å². The van der Waals surface area contributed by atoms with Crippen LogP contribution in [0, 0.1) is 6.92 Å². The third kappa shape index (κ3) is 19.8. The van der Waals surface area contributed by atoms with Gasteiger partial charge in [-0.15, -0.1) is 11.8 Å². The molecule has 84 heavy (non-hydrogen) atoms. The van der Waals surface area contributed by atoms with E-state index in [2.05, 4.69) is 56.5 Å². The SMILES string of the molecule is Cc1cccc(-c2nc(C(F)(F)F)ccc2CNC(=O)Nc2cccnc2)c1.O=C(Cc1cccnc1)NCc1ccc(C(F)(F)F)nc1SC1CCCCC1.O=C(NCc1ccc(C(F)(F)F)nc1-c1cccc(Cl)c1)Nc1cccnc1. The lowest BCUT2D eigenvalue weighted by atomic mass is 10.0. The number of halogens is 10. The van der Waals surface area contributed by atoms with E-state index in [-0.39, 0.29) is 48.6 Å². The van der Waals surface area contributed by atoms with Crippen molar-refractivity contribution in [2.24, 2.45) is 0 Å². The van der Waals surface area contributed by atoms with Gasteiger partial charge in [0.1, 0.15) is 22.1 Å². The van der Waals surface area contributed by atoms with Gasteiger partial charge in [-0.2, -0.15) is 39.5 Å². The van der Waals surface area contributed by atoms with Crippen molar-refractivity contribution in [3.63, 3.8) is 0 Å². The van der Waals surface area contributed by atoms with Crippen LogP contribution in [0.25, 0.3) is 22.5 Å². The van der Waals surface area contributed by atoms with E-state index in [1.54, 1.807) is 97.6 Å². The van der Waals surface area contributed by atoms with Crippen LogP contribution < -0.4 is 26.6 Å². The van der Waals surface area contributed by atoms with Crippen molar-refractivity contribution in [2.45, 2.75) is 93.9 Å².